The summed E-state index contributed by atoms with van der Waals surface area (Å²) in [6, 6.07) is 8.83. The van der Waals surface area contributed by atoms with E-state index in [-0.39, 0.29) is 5.82 Å². The second-order valence-electron chi connectivity index (χ2n) is 6.49. The van der Waals surface area contributed by atoms with Crippen LogP contribution in [0.25, 0.3) is 5.57 Å². The number of nitro groups is 1. The summed E-state index contributed by atoms with van der Waals surface area (Å²) in [6.45, 7) is 9.08. The molecule has 3 rings (SSSR count). The van der Waals surface area contributed by atoms with Crippen molar-refractivity contribution in [2.45, 2.75) is 20.0 Å². The number of allylic oxidation sites excluding steroid dienone is 5. The highest BCUT2D eigenvalue weighted by atomic mass is 16.6. The highest BCUT2D eigenvalue weighted by Gasteiger charge is 2.22. The van der Waals surface area contributed by atoms with Gasteiger partial charge in [0.05, 0.1) is 0 Å². The van der Waals surface area contributed by atoms with E-state index >= 15 is 0 Å². The van der Waals surface area contributed by atoms with Gasteiger partial charge in [-0.3, -0.25) is 9.47 Å². The van der Waals surface area contributed by atoms with Crippen molar-refractivity contribution in [2.75, 3.05) is 19.7 Å². The number of hydrogen-bond donors (Lipinski definition) is 0. The van der Waals surface area contributed by atoms with Crippen LogP contribution in [0.15, 0.2) is 61.3 Å². The highest BCUT2D eigenvalue weighted by Crippen LogP contribution is 2.20. The van der Waals surface area contributed by atoms with Gasteiger partial charge in [0.15, 0.2) is 0 Å². The van der Waals surface area contributed by atoms with E-state index in [4.69, 9.17) is 4.74 Å². The number of aromatic nitrogens is 2. The first kappa shape index (κ1) is 19.6. The Bertz CT molecular complexity index is 897. The number of imidazole rings is 1. The van der Waals surface area contributed by atoms with Crippen LogP contribution < -0.4 is 4.74 Å². The lowest BCUT2D eigenvalue weighted by atomic mass is 10.0. The molecule has 0 aliphatic carbocycles. The minimum Gasteiger partial charge on any atom is -0.444 e. The number of ether oxygens (including phenoxy) is 1. The fourth-order valence-electron chi connectivity index (χ4n) is 3.13. The van der Waals surface area contributed by atoms with Crippen LogP contribution >= 0.6 is 0 Å². The predicted octanol–water partition coefficient (Wildman–Crippen LogP) is 3.83. The van der Waals surface area contributed by atoms with Crippen LogP contribution in [-0.4, -0.2) is 39.1 Å². The molecule has 0 saturated carbocycles. The van der Waals surface area contributed by atoms with Gasteiger partial charge in [0.25, 0.3) is 0 Å². The summed E-state index contributed by atoms with van der Waals surface area (Å²) in [5, 5.41) is 10.9. The summed E-state index contributed by atoms with van der Waals surface area (Å²) in [6.07, 6.45) is 9.25. The number of rotatable bonds is 6. The first-order chi connectivity index (χ1) is 13.6. The maximum Gasteiger partial charge on any atom is 0.414 e. The van der Waals surface area contributed by atoms with Gasteiger partial charge in [-0.1, -0.05) is 55.1 Å². The van der Waals surface area contributed by atoms with Gasteiger partial charge in [-0.15, -0.1) is 0 Å². The first-order valence-corrected chi connectivity index (χ1v) is 9.22. The number of nitrogens with zero attached hydrogens (tertiary/aromatic N) is 4. The van der Waals surface area contributed by atoms with Crippen molar-refractivity contribution in [1.82, 2.24) is 14.5 Å². The van der Waals surface area contributed by atoms with Gasteiger partial charge in [0.2, 0.25) is 0 Å². The van der Waals surface area contributed by atoms with E-state index in [1.165, 1.54) is 11.8 Å². The maximum absolute atomic E-state index is 10.9. The van der Waals surface area contributed by atoms with Crippen LogP contribution in [0.3, 0.4) is 0 Å². The van der Waals surface area contributed by atoms with Crippen molar-refractivity contribution >= 4 is 11.4 Å². The normalized spacial score (nSPS) is 15.5. The largest absolute Gasteiger partial charge is 0.444 e. The Hall–Kier alpha value is -3.19. The van der Waals surface area contributed by atoms with Crippen molar-refractivity contribution in [3.05, 3.63) is 82.6 Å². The molecule has 0 spiro atoms. The molecule has 7 nitrogen and oxygen atoms in total. The van der Waals surface area contributed by atoms with Gasteiger partial charge in [0.1, 0.15) is 12.8 Å². The molecule has 0 amide bonds. The van der Waals surface area contributed by atoms with E-state index in [1.54, 1.807) is 10.6 Å². The predicted molar refractivity (Wildman–Crippen MR) is 109 cm³/mol. The van der Waals surface area contributed by atoms with E-state index in [9.17, 15) is 10.1 Å². The molecule has 146 valence electrons. The Morgan fingerprint density at radius 2 is 2.11 bits per heavy atom. The highest BCUT2D eigenvalue weighted by molar-refractivity contribution is 5.74. The molecule has 28 heavy (non-hydrogen) atoms. The molecule has 0 atom stereocenters. The Labute approximate surface area is 164 Å². The molecule has 0 saturated heterocycles. The van der Waals surface area contributed by atoms with Crippen molar-refractivity contribution < 1.29 is 9.66 Å². The van der Waals surface area contributed by atoms with E-state index in [1.807, 2.05) is 19.1 Å². The van der Waals surface area contributed by atoms with Crippen LogP contribution in [0.1, 0.15) is 18.1 Å². The maximum atomic E-state index is 10.9. The third-order valence-electron chi connectivity index (χ3n) is 4.63. The monoisotopic (exact) mass is 380 g/mol. The van der Waals surface area contributed by atoms with Gasteiger partial charge in [-0.25, -0.2) is 0 Å². The third kappa shape index (κ3) is 4.75. The Balaban J connectivity index is 1.64. The van der Waals surface area contributed by atoms with Crippen LogP contribution in [0.5, 0.6) is 6.01 Å². The van der Waals surface area contributed by atoms with Crippen LogP contribution in [0, 0.1) is 10.1 Å². The third-order valence-corrected chi connectivity index (χ3v) is 4.63. The number of fused-ring (bicyclic) bond motifs is 1. The Morgan fingerprint density at radius 1 is 1.32 bits per heavy atom. The van der Waals surface area contributed by atoms with E-state index in [2.05, 4.69) is 46.8 Å². The van der Waals surface area contributed by atoms with E-state index in [0.717, 1.165) is 30.8 Å². The fraction of sp³-hybridized carbons (Fsp3) is 0.286. The summed E-state index contributed by atoms with van der Waals surface area (Å²) < 4.78 is 7.32. The molecular formula is C21H24N4O3. The second-order valence-corrected chi connectivity index (χ2v) is 6.49. The quantitative estimate of drug-likeness (QED) is 0.433. The average molecular weight is 380 g/mol. The van der Waals surface area contributed by atoms with E-state index < -0.39 is 4.92 Å². The fourth-order valence-corrected chi connectivity index (χ4v) is 3.13. The van der Waals surface area contributed by atoms with Crippen molar-refractivity contribution in [2.24, 2.45) is 0 Å². The minimum atomic E-state index is -0.496. The number of hydrogen-bond acceptors (Lipinski definition) is 5. The smallest absolute Gasteiger partial charge is 0.414 e. The SMILES string of the molecule is C=C/C=C\C(=C/C)c1ccc(CN2CCOc3nc([N+](=O)[O-])cn3CC2)cc1. The lowest BCUT2D eigenvalue weighted by Gasteiger charge is -2.24. The molecule has 2 aromatic rings. The summed E-state index contributed by atoms with van der Waals surface area (Å²) in [5.41, 5.74) is 3.53. The van der Waals surface area contributed by atoms with Gasteiger partial charge in [-0.2, -0.15) is 0 Å². The molecule has 1 aromatic carbocycles. The Kier molecular flexibility index (Phi) is 6.39. The Morgan fingerprint density at radius 3 is 2.79 bits per heavy atom. The van der Waals surface area contributed by atoms with Crippen LogP contribution in [-0.2, 0) is 13.1 Å². The molecule has 1 aromatic heterocycles. The second kappa shape index (κ2) is 9.14. The van der Waals surface area contributed by atoms with Gasteiger partial charge >= 0.3 is 11.8 Å². The number of benzene rings is 1. The lowest BCUT2D eigenvalue weighted by molar-refractivity contribution is -0.389. The molecule has 0 fully saturated rings. The molecule has 7 heteroatoms. The molecule has 0 unspecified atom stereocenters. The van der Waals surface area contributed by atoms with Crippen molar-refractivity contribution in [1.29, 1.82) is 0 Å². The first-order valence-electron chi connectivity index (χ1n) is 9.22. The average Bonchev–Trinajstić information content (AvgIpc) is 3.08. The van der Waals surface area contributed by atoms with Gasteiger partial charge < -0.3 is 14.9 Å². The molecule has 0 bridgehead atoms. The summed E-state index contributed by atoms with van der Waals surface area (Å²) in [4.78, 5) is 16.6. The van der Waals surface area contributed by atoms with E-state index in [0.29, 0.717) is 19.2 Å². The van der Waals surface area contributed by atoms with Crippen molar-refractivity contribution in [3.63, 3.8) is 0 Å². The molecule has 1 aliphatic rings. The van der Waals surface area contributed by atoms with Gasteiger partial charge in [0, 0.05) is 31.2 Å². The zero-order valence-electron chi connectivity index (χ0n) is 16.0. The molecule has 2 heterocycles. The molecule has 0 N–H and O–H groups in total. The minimum absolute atomic E-state index is 0.177. The lowest BCUT2D eigenvalue weighted by Crippen LogP contribution is -2.33. The molecule has 1 aliphatic heterocycles. The van der Waals surface area contributed by atoms with Crippen LogP contribution in [0.2, 0.25) is 0 Å². The van der Waals surface area contributed by atoms with Gasteiger partial charge in [-0.05, 0) is 28.5 Å². The summed E-state index contributed by atoms with van der Waals surface area (Å²) in [7, 11) is 0. The standard InChI is InChI=1S/C21H24N4O3/c1-3-5-6-18(4-2)19-9-7-17(8-10-19)15-23-11-12-24-16-20(25(26)27)22-21(24)28-14-13-23/h3-10,16H,1,11-15H2,2H3/b6-5-,18-4+. The molecular weight excluding hydrogens is 356 g/mol. The van der Waals surface area contributed by atoms with Crippen LogP contribution in [0.4, 0.5) is 5.82 Å². The zero-order chi connectivity index (χ0) is 19.9. The summed E-state index contributed by atoms with van der Waals surface area (Å²) >= 11 is 0. The molecule has 0 radical (unpaired) electrons. The zero-order valence-corrected chi connectivity index (χ0v) is 16.0. The summed E-state index contributed by atoms with van der Waals surface area (Å²) in [5.74, 6) is -0.177. The van der Waals surface area contributed by atoms with Crippen molar-refractivity contribution in [3.8, 4) is 6.01 Å². The topological polar surface area (TPSA) is 73.4 Å².